The molecule has 1 rings (SSSR count). The molecule has 0 radical (unpaired) electrons. The highest BCUT2D eigenvalue weighted by Crippen LogP contribution is 2.14. The lowest BCUT2D eigenvalue weighted by atomic mass is 10.0. The molecule has 0 amide bonds. The third-order valence-corrected chi connectivity index (χ3v) is 2.30. The van der Waals surface area contributed by atoms with Crippen LogP contribution in [0.3, 0.4) is 0 Å². The van der Waals surface area contributed by atoms with Gasteiger partial charge in [-0.1, -0.05) is 0 Å². The van der Waals surface area contributed by atoms with Crippen molar-refractivity contribution in [1.82, 2.24) is 0 Å². The maximum Gasteiger partial charge on any atom is 0.336 e. The van der Waals surface area contributed by atoms with E-state index < -0.39 is 12.1 Å². The van der Waals surface area contributed by atoms with Crippen LogP contribution in [0.15, 0.2) is 0 Å². The number of hydrogen-bond acceptors (Lipinski definition) is 5. The van der Waals surface area contributed by atoms with Crippen molar-refractivity contribution < 1.29 is 19.4 Å². The quantitative estimate of drug-likeness (QED) is 0.589. The predicted octanol–water partition coefficient (Wildman–Crippen LogP) is -0.724. The molecule has 1 heterocycles. The number of rotatable bonds is 4. The van der Waals surface area contributed by atoms with Crippen LogP contribution in [0.4, 0.5) is 0 Å². The fourth-order valence-electron chi connectivity index (χ4n) is 1.31. The Morgan fingerprint density at radius 2 is 2.21 bits per heavy atom. The number of hydrogen-bond donors (Lipinski definition) is 2. The van der Waals surface area contributed by atoms with Crippen molar-refractivity contribution in [1.29, 1.82) is 0 Å². The molecular weight excluding hydrogens is 186 g/mol. The number of esters is 1. The Kier molecular flexibility index (Phi) is 4.86. The van der Waals surface area contributed by atoms with Crippen molar-refractivity contribution in [2.24, 2.45) is 11.7 Å². The number of carbonyl (C=O) groups excluding carboxylic acids is 1. The molecule has 1 fully saturated rings. The van der Waals surface area contributed by atoms with Crippen LogP contribution in [-0.2, 0) is 14.3 Å². The van der Waals surface area contributed by atoms with Crippen molar-refractivity contribution in [3.05, 3.63) is 0 Å². The largest absolute Gasteiger partial charge is 0.463 e. The van der Waals surface area contributed by atoms with E-state index in [0.717, 1.165) is 26.1 Å². The monoisotopic (exact) mass is 203 g/mol. The van der Waals surface area contributed by atoms with E-state index >= 15 is 0 Å². The summed E-state index contributed by atoms with van der Waals surface area (Å²) < 4.78 is 10.1. The van der Waals surface area contributed by atoms with Gasteiger partial charge in [0.25, 0.3) is 0 Å². The zero-order valence-corrected chi connectivity index (χ0v) is 8.15. The Morgan fingerprint density at radius 3 is 2.79 bits per heavy atom. The summed E-state index contributed by atoms with van der Waals surface area (Å²) in [7, 11) is 0. The maximum absolute atomic E-state index is 11.0. The van der Waals surface area contributed by atoms with Crippen LogP contribution in [-0.4, -0.2) is 43.5 Å². The molecule has 1 atom stereocenters. The molecule has 5 nitrogen and oxygen atoms in total. The van der Waals surface area contributed by atoms with Crippen molar-refractivity contribution in [2.75, 3.05) is 26.4 Å². The van der Waals surface area contributed by atoms with E-state index in [1.54, 1.807) is 0 Å². The summed E-state index contributed by atoms with van der Waals surface area (Å²) in [5, 5.41) is 9.03. The van der Waals surface area contributed by atoms with E-state index in [1.165, 1.54) is 0 Å². The fourth-order valence-corrected chi connectivity index (χ4v) is 1.31. The first-order valence-electron chi connectivity index (χ1n) is 4.86. The summed E-state index contributed by atoms with van der Waals surface area (Å²) >= 11 is 0. The van der Waals surface area contributed by atoms with Gasteiger partial charge in [0, 0.05) is 19.8 Å². The Morgan fingerprint density at radius 1 is 1.57 bits per heavy atom. The van der Waals surface area contributed by atoms with Gasteiger partial charge in [-0.05, 0) is 18.8 Å². The van der Waals surface area contributed by atoms with Crippen LogP contribution < -0.4 is 5.73 Å². The summed E-state index contributed by atoms with van der Waals surface area (Å²) in [6.45, 7) is 1.72. The molecule has 1 saturated heterocycles. The second kappa shape index (κ2) is 5.95. The lowest BCUT2D eigenvalue weighted by Crippen LogP contribution is -2.32. The van der Waals surface area contributed by atoms with Gasteiger partial charge in [-0.3, -0.25) is 0 Å². The summed E-state index contributed by atoms with van der Waals surface area (Å²) in [6, 6.07) is 0. The van der Waals surface area contributed by atoms with Crippen LogP contribution in [0.5, 0.6) is 0 Å². The minimum Gasteiger partial charge on any atom is -0.463 e. The summed E-state index contributed by atoms with van der Waals surface area (Å²) in [5.41, 5.74) is 5.11. The lowest BCUT2D eigenvalue weighted by Gasteiger charge is -2.21. The molecule has 14 heavy (non-hydrogen) atoms. The van der Waals surface area contributed by atoms with Crippen molar-refractivity contribution in [3.8, 4) is 0 Å². The van der Waals surface area contributed by atoms with E-state index in [9.17, 15) is 4.79 Å². The topological polar surface area (TPSA) is 81.8 Å². The van der Waals surface area contributed by atoms with Gasteiger partial charge in [0.2, 0.25) is 0 Å². The van der Waals surface area contributed by atoms with E-state index in [2.05, 4.69) is 0 Å². The van der Waals surface area contributed by atoms with Crippen molar-refractivity contribution in [3.63, 3.8) is 0 Å². The highest BCUT2D eigenvalue weighted by atomic mass is 16.5. The smallest absolute Gasteiger partial charge is 0.336 e. The predicted molar refractivity (Wildman–Crippen MR) is 49.6 cm³/mol. The SMILES string of the molecule is NC[C@H](O)C(=O)OCC1CCOCC1. The highest BCUT2D eigenvalue weighted by Gasteiger charge is 2.19. The zero-order chi connectivity index (χ0) is 10.4. The first-order valence-corrected chi connectivity index (χ1v) is 4.86. The molecule has 0 saturated carbocycles. The van der Waals surface area contributed by atoms with Gasteiger partial charge in [0.15, 0.2) is 6.10 Å². The van der Waals surface area contributed by atoms with E-state index in [-0.39, 0.29) is 6.54 Å². The Hall–Kier alpha value is -0.650. The molecule has 3 N–H and O–H groups in total. The molecule has 0 spiro atoms. The Balaban J connectivity index is 2.15. The number of ether oxygens (including phenoxy) is 2. The van der Waals surface area contributed by atoms with Gasteiger partial charge in [0.1, 0.15) is 0 Å². The number of aliphatic hydroxyl groups excluding tert-OH is 1. The Labute approximate surface area is 83.2 Å². The van der Waals surface area contributed by atoms with Gasteiger partial charge >= 0.3 is 5.97 Å². The molecule has 0 aromatic rings. The molecule has 1 aliphatic rings. The molecule has 0 unspecified atom stereocenters. The van der Waals surface area contributed by atoms with Crippen LogP contribution in [0.2, 0.25) is 0 Å². The van der Waals surface area contributed by atoms with Gasteiger partial charge in [-0.15, -0.1) is 0 Å². The molecular formula is C9H17NO4. The first-order chi connectivity index (χ1) is 6.74. The zero-order valence-electron chi connectivity index (χ0n) is 8.15. The first kappa shape index (κ1) is 11.4. The third-order valence-electron chi connectivity index (χ3n) is 2.30. The minimum absolute atomic E-state index is 0.0907. The molecule has 1 aliphatic heterocycles. The van der Waals surface area contributed by atoms with Crippen molar-refractivity contribution in [2.45, 2.75) is 18.9 Å². The van der Waals surface area contributed by atoms with E-state index in [1.807, 2.05) is 0 Å². The maximum atomic E-state index is 11.0. The molecule has 0 aromatic heterocycles. The second-order valence-corrected chi connectivity index (χ2v) is 3.44. The molecule has 0 aromatic carbocycles. The normalized spacial score (nSPS) is 20.4. The summed E-state index contributed by atoms with van der Waals surface area (Å²) in [6.07, 6.45) is 0.632. The van der Waals surface area contributed by atoms with E-state index in [0.29, 0.717) is 12.5 Å². The molecule has 5 heteroatoms. The summed E-state index contributed by atoms with van der Waals surface area (Å²) in [5.74, 6) is -0.267. The molecule has 0 bridgehead atoms. The summed E-state index contributed by atoms with van der Waals surface area (Å²) in [4.78, 5) is 11.0. The molecule has 82 valence electrons. The number of carbonyl (C=O) groups is 1. The van der Waals surface area contributed by atoms with Gasteiger partial charge in [-0.2, -0.15) is 0 Å². The van der Waals surface area contributed by atoms with Crippen LogP contribution in [0.1, 0.15) is 12.8 Å². The van der Waals surface area contributed by atoms with E-state index in [4.69, 9.17) is 20.3 Å². The number of aliphatic hydroxyl groups is 1. The third kappa shape index (κ3) is 3.61. The van der Waals surface area contributed by atoms with Crippen LogP contribution >= 0.6 is 0 Å². The fraction of sp³-hybridized carbons (Fsp3) is 0.889. The second-order valence-electron chi connectivity index (χ2n) is 3.44. The number of nitrogens with two attached hydrogens (primary N) is 1. The lowest BCUT2D eigenvalue weighted by molar-refractivity contribution is -0.155. The standard InChI is InChI=1S/C9H17NO4/c10-5-8(11)9(12)14-6-7-1-3-13-4-2-7/h7-8,11H,1-6,10H2/t8-/m0/s1. The van der Waals surface area contributed by atoms with Crippen LogP contribution in [0.25, 0.3) is 0 Å². The average molecular weight is 203 g/mol. The van der Waals surface area contributed by atoms with Gasteiger partial charge < -0.3 is 20.3 Å². The molecule has 0 aliphatic carbocycles. The minimum atomic E-state index is -1.19. The average Bonchev–Trinajstić information content (AvgIpc) is 2.26. The highest BCUT2D eigenvalue weighted by molar-refractivity contribution is 5.74. The van der Waals surface area contributed by atoms with Crippen molar-refractivity contribution >= 4 is 5.97 Å². The van der Waals surface area contributed by atoms with Gasteiger partial charge in [-0.25, -0.2) is 4.79 Å². The van der Waals surface area contributed by atoms with Gasteiger partial charge in [0.05, 0.1) is 6.61 Å². The Bertz CT molecular complexity index is 180. The van der Waals surface area contributed by atoms with Crippen LogP contribution in [0, 0.1) is 5.92 Å².